The summed E-state index contributed by atoms with van der Waals surface area (Å²) < 4.78 is 26.5. The smallest absolute Gasteiger partial charge is 0.241 e. The van der Waals surface area contributed by atoms with Crippen LogP contribution < -0.4 is 4.72 Å². The fourth-order valence-electron chi connectivity index (χ4n) is 1.10. The molecule has 0 unspecified atom stereocenters. The molecule has 0 saturated carbocycles. The van der Waals surface area contributed by atoms with Crippen LogP contribution in [0.2, 0.25) is 5.02 Å². The molecule has 0 aliphatic rings. The Bertz CT molecular complexity index is 557. The van der Waals surface area contributed by atoms with E-state index >= 15 is 0 Å². The summed E-state index contributed by atoms with van der Waals surface area (Å²) in [5.41, 5.74) is 0. The predicted molar refractivity (Wildman–Crippen MR) is 74.2 cm³/mol. The zero-order valence-corrected chi connectivity index (χ0v) is 13.1. The molecule has 100 valence electrons. The van der Waals surface area contributed by atoms with E-state index in [4.69, 9.17) is 11.6 Å². The summed E-state index contributed by atoms with van der Waals surface area (Å²) in [5.74, 6) is -0.365. The third-order valence-corrected chi connectivity index (χ3v) is 4.89. The SMILES string of the molecule is CC(C)C(=O)CNS(=O)(=O)c1ccc(Cl)c(Br)c1. The Morgan fingerprint density at radius 3 is 2.56 bits per heavy atom. The Kier molecular flexibility index (Phi) is 5.33. The number of hydrogen-bond acceptors (Lipinski definition) is 3. The second-order valence-corrected chi connectivity index (χ2v) is 7.05. The van der Waals surface area contributed by atoms with Gasteiger partial charge in [0.15, 0.2) is 0 Å². The summed E-state index contributed by atoms with van der Waals surface area (Å²) in [5, 5.41) is 0.423. The van der Waals surface area contributed by atoms with Crippen molar-refractivity contribution in [2.45, 2.75) is 18.7 Å². The number of Topliss-reactive ketones (excluding diaryl/α,β-unsaturated/α-hetero) is 1. The summed E-state index contributed by atoms with van der Waals surface area (Å²) in [6, 6.07) is 4.25. The van der Waals surface area contributed by atoms with E-state index in [0.717, 1.165) is 0 Å². The Hall–Kier alpha value is -0.430. The fraction of sp³-hybridized carbons (Fsp3) is 0.364. The van der Waals surface area contributed by atoms with Crippen LogP contribution in [-0.2, 0) is 14.8 Å². The lowest BCUT2D eigenvalue weighted by Crippen LogP contribution is -2.31. The molecule has 0 saturated heterocycles. The maximum absolute atomic E-state index is 11.9. The monoisotopic (exact) mass is 353 g/mol. The van der Waals surface area contributed by atoms with Gasteiger partial charge in [0, 0.05) is 10.4 Å². The van der Waals surface area contributed by atoms with E-state index < -0.39 is 10.0 Å². The third-order valence-electron chi connectivity index (χ3n) is 2.28. The lowest BCUT2D eigenvalue weighted by molar-refractivity contribution is -0.120. The second kappa shape index (κ2) is 6.14. The molecule has 18 heavy (non-hydrogen) atoms. The molecule has 0 amide bonds. The Morgan fingerprint density at radius 1 is 1.44 bits per heavy atom. The van der Waals surface area contributed by atoms with Crippen molar-refractivity contribution in [2.75, 3.05) is 6.54 Å². The van der Waals surface area contributed by atoms with Crippen LogP contribution in [0.25, 0.3) is 0 Å². The Balaban J connectivity index is 2.87. The molecule has 4 nitrogen and oxygen atoms in total. The Morgan fingerprint density at radius 2 is 2.06 bits per heavy atom. The van der Waals surface area contributed by atoms with Gasteiger partial charge in [-0.3, -0.25) is 4.79 Å². The number of ketones is 1. The zero-order chi connectivity index (χ0) is 13.9. The molecule has 0 spiro atoms. The van der Waals surface area contributed by atoms with Crippen LogP contribution in [0.1, 0.15) is 13.8 Å². The van der Waals surface area contributed by atoms with Crippen molar-refractivity contribution in [3.63, 3.8) is 0 Å². The summed E-state index contributed by atoms with van der Waals surface area (Å²) in [7, 11) is -3.69. The van der Waals surface area contributed by atoms with E-state index in [-0.39, 0.29) is 23.1 Å². The average Bonchev–Trinajstić information content (AvgIpc) is 2.29. The minimum Gasteiger partial charge on any atom is -0.298 e. The number of benzene rings is 1. The lowest BCUT2D eigenvalue weighted by atomic mass is 10.1. The topological polar surface area (TPSA) is 63.2 Å². The van der Waals surface area contributed by atoms with E-state index in [9.17, 15) is 13.2 Å². The third kappa shape index (κ3) is 4.05. The van der Waals surface area contributed by atoms with Crippen LogP contribution in [0.3, 0.4) is 0 Å². The molecule has 1 aromatic rings. The highest BCUT2D eigenvalue weighted by molar-refractivity contribution is 9.10. The minimum absolute atomic E-state index is 0.0651. The van der Waals surface area contributed by atoms with Crippen LogP contribution in [0, 0.1) is 5.92 Å². The first-order valence-corrected chi connectivity index (χ1v) is 7.87. The van der Waals surface area contributed by atoms with Crippen LogP contribution in [0.15, 0.2) is 27.6 Å². The highest BCUT2D eigenvalue weighted by Crippen LogP contribution is 2.25. The van der Waals surface area contributed by atoms with Gasteiger partial charge in [-0.05, 0) is 34.1 Å². The van der Waals surface area contributed by atoms with Gasteiger partial charge in [0.2, 0.25) is 10.0 Å². The molecule has 0 fully saturated rings. The molecule has 1 rings (SSSR count). The molecule has 1 aromatic carbocycles. The van der Waals surface area contributed by atoms with E-state index in [1.807, 2.05) is 0 Å². The van der Waals surface area contributed by atoms with Crippen molar-refractivity contribution in [2.24, 2.45) is 5.92 Å². The maximum Gasteiger partial charge on any atom is 0.241 e. The van der Waals surface area contributed by atoms with Crippen LogP contribution in [0.4, 0.5) is 0 Å². The van der Waals surface area contributed by atoms with Gasteiger partial charge < -0.3 is 0 Å². The molecule has 0 aliphatic heterocycles. The fourth-order valence-corrected chi connectivity index (χ4v) is 2.76. The Labute approximate surface area is 120 Å². The molecule has 1 N–H and O–H groups in total. The quantitative estimate of drug-likeness (QED) is 0.884. The molecular formula is C11H13BrClNO3S. The predicted octanol–water partition coefficient (Wildman–Crippen LogP) is 2.61. The van der Waals surface area contributed by atoms with Crippen LogP contribution >= 0.6 is 27.5 Å². The first-order valence-electron chi connectivity index (χ1n) is 5.21. The van der Waals surface area contributed by atoms with Gasteiger partial charge in [-0.25, -0.2) is 13.1 Å². The zero-order valence-electron chi connectivity index (χ0n) is 9.91. The van der Waals surface area contributed by atoms with Crippen LogP contribution in [0.5, 0.6) is 0 Å². The first-order chi connectivity index (χ1) is 8.24. The minimum atomic E-state index is -3.69. The largest absolute Gasteiger partial charge is 0.298 e. The number of halogens is 2. The van der Waals surface area contributed by atoms with Crippen molar-refractivity contribution >= 4 is 43.3 Å². The second-order valence-electron chi connectivity index (χ2n) is 4.02. The molecule has 0 radical (unpaired) electrons. The number of carbonyl (C=O) groups excluding carboxylic acids is 1. The molecule has 0 aliphatic carbocycles. The molecule has 7 heteroatoms. The molecule has 0 atom stereocenters. The normalized spacial score (nSPS) is 11.8. The highest BCUT2D eigenvalue weighted by atomic mass is 79.9. The van der Waals surface area contributed by atoms with Gasteiger partial charge >= 0.3 is 0 Å². The van der Waals surface area contributed by atoms with Gasteiger partial charge in [-0.15, -0.1) is 0 Å². The first kappa shape index (κ1) is 15.6. The molecule has 0 bridgehead atoms. The number of rotatable bonds is 5. The van der Waals surface area contributed by atoms with E-state index in [1.54, 1.807) is 13.8 Å². The summed E-state index contributed by atoms with van der Waals surface area (Å²) in [6.07, 6.45) is 0. The standard InChI is InChI=1S/C11H13BrClNO3S/c1-7(2)11(15)6-14-18(16,17)8-3-4-10(13)9(12)5-8/h3-5,7,14H,6H2,1-2H3. The number of carbonyl (C=O) groups is 1. The number of hydrogen-bond donors (Lipinski definition) is 1. The van der Waals surface area contributed by atoms with Crippen LogP contribution in [-0.4, -0.2) is 20.7 Å². The van der Waals surface area contributed by atoms with Crippen molar-refractivity contribution in [1.82, 2.24) is 4.72 Å². The number of nitrogens with one attached hydrogen (secondary N) is 1. The van der Waals surface area contributed by atoms with Crippen molar-refractivity contribution in [1.29, 1.82) is 0 Å². The van der Waals surface area contributed by atoms with Crippen molar-refractivity contribution < 1.29 is 13.2 Å². The lowest BCUT2D eigenvalue weighted by Gasteiger charge is -2.08. The van der Waals surface area contributed by atoms with E-state index in [1.165, 1.54) is 18.2 Å². The van der Waals surface area contributed by atoms with Crippen molar-refractivity contribution in [3.05, 3.63) is 27.7 Å². The molecule has 0 heterocycles. The van der Waals surface area contributed by atoms with E-state index in [0.29, 0.717) is 9.50 Å². The van der Waals surface area contributed by atoms with Gasteiger partial charge in [-0.1, -0.05) is 25.4 Å². The molecular weight excluding hydrogens is 342 g/mol. The van der Waals surface area contributed by atoms with Gasteiger partial charge in [0.1, 0.15) is 5.78 Å². The maximum atomic E-state index is 11.9. The van der Waals surface area contributed by atoms with Gasteiger partial charge in [0.05, 0.1) is 16.5 Å². The summed E-state index contributed by atoms with van der Waals surface area (Å²) in [6.45, 7) is 3.23. The summed E-state index contributed by atoms with van der Waals surface area (Å²) in [4.78, 5) is 11.4. The highest BCUT2D eigenvalue weighted by Gasteiger charge is 2.17. The van der Waals surface area contributed by atoms with Gasteiger partial charge in [-0.2, -0.15) is 0 Å². The average molecular weight is 355 g/mol. The summed E-state index contributed by atoms with van der Waals surface area (Å²) >= 11 is 8.93. The molecule has 0 aromatic heterocycles. The number of sulfonamides is 1. The van der Waals surface area contributed by atoms with Gasteiger partial charge in [0.25, 0.3) is 0 Å². The van der Waals surface area contributed by atoms with E-state index in [2.05, 4.69) is 20.7 Å². The van der Waals surface area contributed by atoms with Crippen molar-refractivity contribution in [3.8, 4) is 0 Å².